The highest BCUT2D eigenvalue weighted by Crippen LogP contribution is 2.43. The topological polar surface area (TPSA) is 95.4 Å². The molecule has 1 aromatic rings. The second-order valence-corrected chi connectivity index (χ2v) is 9.33. The number of amides is 2. The third kappa shape index (κ3) is 2.95. The Hall–Kier alpha value is -1.54. The summed E-state index contributed by atoms with van der Waals surface area (Å²) < 4.78 is 12.6. The fourth-order valence-corrected chi connectivity index (χ4v) is 4.68. The first-order valence-corrected chi connectivity index (χ1v) is 9.98. The number of rotatable bonds is 3. The summed E-state index contributed by atoms with van der Waals surface area (Å²) in [6.07, 6.45) is 2.96. The number of nitrogens with zero attached hydrogens (tertiary/aromatic N) is 3. The van der Waals surface area contributed by atoms with E-state index in [2.05, 4.69) is 15.3 Å². The lowest BCUT2D eigenvalue weighted by atomic mass is 9.76. The van der Waals surface area contributed by atoms with Crippen LogP contribution >= 0.6 is 0 Å². The molecule has 1 aliphatic carbocycles. The van der Waals surface area contributed by atoms with Crippen molar-refractivity contribution in [1.29, 1.82) is 0 Å². The van der Waals surface area contributed by atoms with Gasteiger partial charge in [0.15, 0.2) is 5.82 Å². The average molecular weight is 366 g/mol. The van der Waals surface area contributed by atoms with Crippen LogP contribution in [0.4, 0.5) is 10.6 Å². The number of aromatic nitrogens is 2. The van der Waals surface area contributed by atoms with Crippen molar-refractivity contribution in [2.45, 2.75) is 62.3 Å². The van der Waals surface area contributed by atoms with Gasteiger partial charge in [-0.25, -0.2) is 14.8 Å². The molecule has 0 aromatic carbocycles. The Morgan fingerprint density at radius 1 is 1.36 bits per heavy atom. The molecule has 8 heteroatoms. The maximum Gasteiger partial charge on any atom is 0.323 e. The Bertz CT molecular complexity index is 720. The van der Waals surface area contributed by atoms with Crippen LogP contribution in [0.2, 0.25) is 0 Å². The van der Waals surface area contributed by atoms with Crippen molar-refractivity contribution in [3.63, 3.8) is 0 Å². The quantitative estimate of drug-likeness (QED) is 0.845. The lowest BCUT2D eigenvalue weighted by molar-refractivity contribution is 0.118. The Labute approximate surface area is 150 Å². The van der Waals surface area contributed by atoms with Crippen LogP contribution in [0.5, 0.6) is 0 Å². The van der Waals surface area contributed by atoms with Gasteiger partial charge in [-0.1, -0.05) is 20.8 Å². The Balaban J connectivity index is 2.23. The molecule has 0 bridgehead atoms. The first-order chi connectivity index (χ1) is 11.7. The van der Waals surface area contributed by atoms with Gasteiger partial charge in [0, 0.05) is 24.6 Å². The zero-order chi connectivity index (χ0) is 18.4. The van der Waals surface area contributed by atoms with E-state index in [1.54, 1.807) is 7.05 Å². The number of hydrogen-bond acceptors (Lipinski definition) is 5. The van der Waals surface area contributed by atoms with Crippen LogP contribution in [-0.4, -0.2) is 50.3 Å². The fraction of sp³-hybridized carbons (Fsp3) is 0.706. The second-order valence-electron chi connectivity index (χ2n) is 7.82. The Morgan fingerprint density at radius 2 is 2.04 bits per heavy atom. The Morgan fingerprint density at radius 3 is 2.52 bits per heavy atom. The van der Waals surface area contributed by atoms with Crippen LogP contribution in [0.3, 0.4) is 0 Å². The van der Waals surface area contributed by atoms with Crippen LogP contribution in [0.25, 0.3) is 0 Å². The number of hydrogen-bond donors (Lipinski definition) is 2. The second kappa shape index (κ2) is 6.32. The number of urea groups is 1. The molecule has 0 radical (unpaired) electrons. The van der Waals surface area contributed by atoms with E-state index in [0.717, 1.165) is 12.1 Å². The zero-order valence-corrected chi connectivity index (χ0v) is 16.1. The van der Waals surface area contributed by atoms with Crippen LogP contribution in [0, 0.1) is 0 Å². The average Bonchev–Trinajstić information content (AvgIpc) is 2.90. The number of carbonyl (C=O) groups excluding carboxylic acids is 1. The van der Waals surface area contributed by atoms with Crippen molar-refractivity contribution in [2.75, 3.05) is 24.3 Å². The highest BCUT2D eigenvalue weighted by Gasteiger charge is 2.48. The maximum atomic E-state index is 12.7. The zero-order valence-electron chi connectivity index (χ0n) is 15.3. The highest BCUT2D eigenvalue weighted by molar-refractivity contribution is 7.85. The summed E-state index contributed by atoms with van der Waals surface area (Å²) in [6.45, 7) is 5.90. The molecule has 0 spiro atoms. The van der Waals surface area contributed by atoms with Crippen LogP contribution in [0.1, 0.15) is 51.6 Å². The molecule has 2 amide bonds. The molecule has 2 heterocycles. The van der Waals surface area contributed by atoms with E-state index in [4.69, 9.17) is 0 Å². The van der Waals surface area contributed by atoms with Gasteiger partial charge in [-0.15, -0.1) is 0 Å². The highest BCUT2D eigenvalue weighted by atomic mass is 32.2. The molecule has 1 aliphatic heterocycles. The standard InChI is InChI=1S/C17H26N4O3S/c1-16(2,3)14-19-11-6-9-25(24)12(11)13(20-14)21(15(23)18-4)17(10-22)7-5-8-17/h22H,5-10H2,1-4H3,(H,18,23). The van der Waals surface area contributed by atoms with Gasteiger partial charge in [0.1, 0.15) is 10.7 Å². The number of fused-ring (bicyclic) bond motifs is 1. The molecule has 2 aliphatic rings. The van der Waals surface area contributed by atoms with E-state index < -0.39 is 16.3 Å². The van der Waals surface area contributed by atoms with Crippen molar-refractivity contribution in [3.8, 4) is 0 Å². The summed E-state index contributed by atoms with van der Waals surface area (Å²) in [7, 11) is 0.331. The Kier molecular flexibility index (Phi) is 4.61. The molecule has 1 aromatic heterocycles. The van der Waals surface area contributed by atoms with Crippen molar-refractivity contribution in [1.82, 2.24) is 15.3 Å². The lowest BCUT2D eigenvalue weighted by Crippen LogP contribution is -2.61. The van der Waals surface area contributed by atoms with Gasteiger partial charge in [0.25, 0.3) is 0 Å². The largest absolute Gasteiger partial charge is 0.394 e. The normalized spacial score (nSPS) is 21.4. The SMILES string of the molecule is CNC(=O)N(c1nc(C(C)(C)C)nc2c1S(=O)CC2)C1(CO)CCC1. The summed E-state index contributed by atoms with van der Waals surface area (Å²) >= 11 is 0. The molecule has 1 unspecified atom stereocenters. The van der Waals surface area contributed by atoms with Gasteiger partial charge in [0.05, 0.1) is 28.6 Å². The number of carbonyl (C=O) groups is 1. The summed E-state index contributed by atoms with van der Waals surface area (Å²) in [4.78, 5) is 24.1. The van der Waals surface area contributed by atoms with Gasteiger partial charge in [-0.3, -0.25) is 9.11 Å². The van der Waals surface area contributed by atoms with E-state index >= 15 is 0 Å². The van der Waals surface area contributed by atoms with Crippen LogP contribution in [-0.2, 0) is 22.6 Å². The summed E-state index contributed by atoms with van der Waals surface area (Å²) in [5.41, 5.74) is -0.215. The number of nitrogens with one attached hydrogen (secondary N) is 1. The van der Waals surface area contributed by atoms with Crippen molar-refractivity contribution in [2.24, 2.45) is 0 Å². The van der Waals surface area contributed by atoms with Crippen molar-refractivity contribution >= 4 is 22.6 Å². The molecule has 1 saturated carbocycles. The predicted octanol–water partition coefficient (Wildman–Crippen LogP) is 1.50. The van der Waals surface area contributed by atoms with Gasteiger partial charge in [-0.05, 0) is 19.3 Å². The summed E-state index contributed by atoms with van der Waals surface area (Å²) in [6, 6.07) is -0.335. The van der Waals surface area contributed by atoms with E-state index in [1.807, 2.05) is 20.8 Å². The van der Waals surface area contributed by atoms with Gasteiger partial charge in [0.2, 0.25) is 0 Å². The van der Waals surface area contributed by atoms with Gasteiger partial charge >= 0.3 is 6.03 Å². The molecule has 7 nitrogen and oxygen atoms in total. The molecule has 138 valence electrons. The van der Waals surface area contributed by atoms with E-state index in [9.17, 15) is 14.1 Å². The monoisotopic (exact) mass is 366 g/mol. The van der Waals surface area contributed by atoms with Crippen molar-refractivity contribution < 1.29 is 14.1 Å². The van der Waals surface area contributed by atoms with Gasteiger partial charge in [-0.2, -0.15) is 0 Å². The smallest absolute Gasteiger partial charge is 0.323 e. The fourth-order valence-electron chi connectivity index (χ4n) is 3.35. The van der Waals surface area contributed by atoms with Gasteiger partial charge < -0.3 is 10.4 Å². The molecular formula is C17H26N4O3S. The maximum absolute atomic E-state index is 12.7. The molecule has 25 heavy (non-hydrogen) atoms. The van der Waals surface area contributed by atoms with E-state index in [-0.39, 0.29) is 18.1 Å². The molecular weight excluding hydrogens is 340 g/mol. The first-order valence-electron chi connectivity index (χ1n) is 8.66. The minimum Gasteiger partial charge on any atom is -0.394 e. The molecule has 0 saturated heterocycles. The summed E-state index contributed by atoms with van der Waals surface area (Å²) in [5.74, 6) is 1.53. The number of anilines is 1. The third-order valence-electron chi connectivity index (χ3n) is 5.02. The van der Waals surface area contributed by atoms with E-state index in [1.165, 1.54) is 4.90 Å². The minimum atomic E-state index is -1.23. The predicted molar refractivity (Wildman–Crippen MR) is 96.3 cm³/mol. The summed E-state index contributed by atoms with van der Waals surface area (Å²) in [5, 5.41) is 12.7. The van der Waals surface area contributed by atoms with Crippen LogP contribution < -0.4 is 10.2 Å². The van der Waals surface area contributed by atoms with E-state index in [0.29, 0.717) is 41.6 Å². The molecule has 1 atom stereocenters. The molecule has 2 N–H and O–H groups in total. The number of aryl methyl sites for hydroxylation is 1. The lowest BCUT2D eigenvalue weighted by Gasteiger charge is -2.48. The first kappa shape index (κ1) is 18.3. The number of aliphatic hydroxyl groups excluding tert-OH is 1. The van der Waals surface area contributed by atoms with Crippen LogP contribution in [0.15, 0.2) is 4.90 Å². The molecule has 3 rings (SSSR count). The molecule has 1 fully saturated rings. The third-order valence-corrected chi connectivity index (χ3v) is 6.47. The van der Waals surface area contributed by atoms with Crippen molar-refractivity contribution in [3.05, 3.63) is 11.5 Å². The minimum absolute atomic E-state index is 0.142. The number of aliphatic hydroxyl groups is 1.